The zero-order chi connectivity index (χ0) is 53.0. The third-order valence-corrected chi connectivity index (χ3v) is 15.1. The summed E-state index contributed by atoms with van der Waals surface area (Å²) in [4.78, 5) is 0. The molecule has 73 heavy (non-hydrogen) atoms. The van der Waals surface area contributed by atoms with Gasteiger partial charge in [0.2, 0.25) is 11.4 Å². The number of rotatable bonds is 42. The second kappa shape index (κ2) is 48.4. The Kier molecular flexibility index (Phi) is 47.1. The van der Waals surface area contributed by atoms with Crippen LogP contribution in [-0.4, -0.2) is 4.70 Å². The topological polar surface area (TPSA) is 25.3 Å². The standard InChI is InChI=1S/C64H108N2.2C3H7.Ni/c1-9-17-25-33-41-53-49-57(50-54(42-34-26-18-10-2)59(53)45-37-29-21-13-5)63-61(47-39-31-23-15-7)62(48-40-32-24-16-8)64(66(63)65)58-51-55(43-35-27-19-11-3)60(46-38-30-22-14-6)56(52-58)44-36-28-20-12-4;2*1-3-2;/h49-52H,9-48H2,1-8H3;2*1,3H2,2H3;/q;2*-1;+2. The van der Waals surface area contributed by atoms with Gasteiger partial charge in [0.05, 0.1) is 0 Å². The van der Waals surface area contributed by atoms with E-state index in [1.165, 1.54) is 241 Å². The van der Waals surface area contributed by atoms with Gasteiger partial charge in [-0.15, -0.1) is 0 Å². The molecule has 2 aromatic rings. The van der Waals surface area contributed by atoms with Gasteiger partial charge in [-0.1, -0.05) is 223 Å². The summed E-state index contributed by atoms with van der Waals surface area (Å²) in [5, 5.41) is 0. The van der Waals surface area contributed by atoms with Gasteiger partial charge in [0.25, 0.3) is 0 Å². The number of hydrogen-bond acceptors (Lipinski definition) is 0. The van der Waals surface area contributed by atoms with E-state index in [0.717, 1.165) is 62.8 Å². The summed E-state index contributed by atoms with van der Waals surface area (Å²) < 4.78 is 1.79. The molecule has 0 bridgehead atoms. The number of nitrogens with zero attached hydrogens (tertiary/aromatic N) is 2. The van der Waals surface area contributed by atoms with Crippen molar-refractivity contribution in [3.8, 4) is 0 Å². The van der Waals surface area contributed by atoms with E-state index in [0.29, 0.717) is 0 Å². The van der Waals surface area contributed by atoms with Gasteiger partial charge in [-0.3, -0.25) is 0 Å². The van der Waals surface area contributed by atoms with E-state index in [1.54, 1.807) is 38.1 Å². The maximum absolute atomic E-state index is 13.3. The first-order chi connectivity index (χ1) is 35.3. The second-order valence-electron chi connectivity index (χ2n) is 22.0. The van der Waals surface area contributed by atoms with Gasteiger partial charge < -0.3 is 19.4 Å². The minimum Gasteiger partial charge on any atom is -0.493 e. The molecule has 0 spiro atoms. The fourth-order valence-corrected chi connectivity index (χ4v) is 11.1. The van der Waals surface area contributed by atoms with Crippen LogP contribution < -0.4 is 0 Å². The number of benzene rings is 2. The van der Waals surface area contributed by atoms with Gasteiger partial charge in [-0.25, -0.2) is 4.70 Å². The molecule has 1 aliphatic rings. The van der Waals surface area contributed by atoms with E-state index in [9.17, 15) is 5.53 Å². The average Bonchev–Trinajstić information content (AvgIpc) is 3.65. The van der Waals surface area contributed by atoms with Crippen LogP contribution in [0.4, 0.5) is 0 Å². The van der Waals surface area contributed by atoms with Gasteiger partial charge in [0.15, 0.2) is 0 Å². The SMILES string of the molecule is CCCCCCC1=C(c2cc(CCCCCC)c(CCCCCC)c(CCCCCC)c2)[N+](=[N-])C(c2cc(CCCCCC)c(CCCCCC)c(CCCCCC)c2)=C1CCCCCC.[CH2-]CC.[CH2-]CC.[Ni+2]. The number of unbranched alkanes of at least 4 members (excludes halogenated alkanes) is 24. The Balaban J connectivity index is 0.00000704. The molecule has 0 N–H and O–H groups in total. The first kappa shape index (κ1) is 71.0. The van der Waals surface area contributed by atoms with Crippen molar-refractivity contribution in [2.45, 2.75) is 339 Å². The fraction of sp³-hybridized carbons (Fsp3) is 0.743. The summed E-state index contributed by atoms with van der Waals surface area (Å²) in [5.41, 5.74) is 30.8. The zero-order valence-electron chi connectivity index (χ0n) is 50.6. The van der Waals surface area contributed by atoms with Gasteiger partial charge in [-0.2, -0.15) is 12.8 Å². The molecule has 422 valence electrons. The number of allylic oxidation sites excluding steroid dienone is 2. The molecular formula is C70H122N2Ni. The molecule has 2 aromatic carbocycles. The van der Waals surface area contributed by atoms with Gasteiger partial charge in [0.1, 0.15) is 0 Å². The van der Waals surface area contributed by atoms with E-state index in [2.05, 4.69) is 93.5 Å². The summed E-state index contributed by atoms with van der Waals surface area (Å²) in [5.74, 6) is 0. The molecule has 0 aromatic heterocycles. The molecule has 0 amide bonds. The molecule has 0 unspecified atom stereocenters. The van der Waals surface area contributed by atoms with E-state index in [1.807, 2.05) is 13.8 Å². The van der Waals surface area contributed by atoms with Gasteiger partial charge in [-0.05, 0) is 160 Å². The number of hydrogen-bond donors (Lipinski definition) is 0. The van der Waals surface area contributed by atoms with Crippen molar-refractivity contribution in [2.24, 2.45) is 0 Å². The van der Waals surface area contributed by atoms with Crippen LogP contribution in [-0.2, 0) is 55.0 Å². The van der Waals surface area contributed by atoms with Gasteiger partial charge >= 0.3 is 16.5 Å². The molecule has 1 heterocycles. The van der Waals surface area contributed by atoms with Crippen LogP contribution in [0.25, 0.3) is 16.9 Å². The predicted molar refractivity (Wildman–Crippen MR) is 326 cm³/mol. The van der Waals surface area contributed by atoms with Crippen LogP contribution in [0.5, 0.6) is 0 Å². The molecule has 0 atom stereocenters. The molecule has 1 aliphatic heterocycles. The van der Waals surface area contributed by atoms with Crippen LogP contribution in [0, 0.1) is 13.8 Å². The quantitative estimate of drug-likeness (QED) is 0.0274. The van der Waals surface area contributed by atoms with Crippen LogP contribution in [0.15, 0.2) is 35.4 Å². The van der Waals surface area contributed by atoms with Crippen molar-refractivity contribution >= 4 is 11.4 Å². The van der Waals surface area contributed by atoms with Crippen LogP contribution >= 0.6 is 0 Å². The maximum Gasteiger partial charge on any atom is 2.00 e. The van der Waals surface area contributed by atoms with E-state index in [4.69, 9.17) is 0 Å². The molecule has 0 fully saturated rings. The molecular weight excluding hydrogens is 927 g/mol. The Morgan fingerprint density at radius 1 is 0.301 bits per heavy atom. The maximum atomic E-state index is 13.3. The summed E-state index contributed by atoms with van der Waals surface area (Å²) >= 11 is 0. The predicted octanol–water partition coefficient (Wildman–Crippen LogP) is 24.0. The largest absolute Gasteiger partial charge is 2.00 e. The minimum atomic E-state index is 0. The Morgan fingerprint density at radius 2 is 0.493 bits per heavy atom. The van der Waals surface area contributed by atoms with Crippen LogP contribution in [0.2, 0.25) is 0 Å². The first-order valence-electron chi connectivity index (χ1n) is 32.1. The molecule has 3 rings (SSSR count). The van der Waals surface area contributed by atoms with Crippen molar-refractivity contribution in [3.05, 3.63) is 99.3 Å². The average molecular weight is 1050 g/mol. The summed E-state index contributed by atoms with van der Waals surface area (Å²) in [6.07, 6.45) is 52.3. The Bertz CT molecular complexity index is 1520. The van der Waals surface area contributed by atoms with E-state index >= 15 is 0 Å². The van der Waals surface area contributed by atoms with Crippen molar-refractivity contribution < 1.29 is 21.2 Å². The molecule has 2 nitrogen and oxygen atoms in total. The van der Waals surface area contributed by atoms with Crippen molar-refractivity contribution in [2.75, 3.05) is 0 Å². The van der Waals surface area contributed by atoms with Crippen LogP contribution in [0.3, 0.4) is 0 Å². The molecule has 0 saturated carbocycles. The minimum absolute atomic E-state index is 0. The Labute approximate surface area is 468 Å². The third kappa shape index (κ3) is 28.8. The summed E-state index contributed by atoms with van der Waals surface area (Å²) in [7, 11) is 0. The molecule has 0 saturated heterocycles. The van der Waals surface area contributed by atoms with E-state index < -0.39 is 0 Å². The van der Waals surface area contributed by atoms with Gasteiger partial charge in [0, 0.05) is 22.3 Å². The second-order valence-corrected chi connectivity index (χ2v) is 22.0. The third-order valence-electron chi connectivity index (χ3n) is 15.1. The zero-order valence-corrected chi connectivity index (χ0v) is 51.6. The van der Waals surface area contributed by atoms with E-state index in [-0.39, 0.29) is 16.5 Å². The van der Waals surface area contributed by atoms with Crippen molar-refractivity contribution in [3.63, 3.8) is 0 Å². The summed E-state index contributed by atoms with van der Waals surface area (Å²) in [6, 6.07) is 10.4. The Morgan fingerprint density at radius 3 is 0.699 bits per heavy atom. The van der Waals surface area contributed by atoms with Crippen LogP contribution in [0.1, 0.15) is 345 Å². The molecule has 3 heteroatoms. The normalized spacial score (nSPS) is 12.3. The fourth-order valence-electron chi connectivity index (χ4n) is 11.1. The van der Waals surface area contributed by atoms with Crippen molar-refractivity contribution in [1.29, 1.82) is 0 Å². The summed E-state index contributed by atoms with van der Waals surface area (Å²) in [6.45, 7) is 29.7. The molecule has 0 aliphatic carbocycles. The monoisotopic (exact) mass is 1050 g/mol. The smallest absolute Gasteiger partial charge is 0.493 e. The number of aryl methyl sites for hydroxylation is 4. The Hall–Kier alpha value is -1.99. The molecule has 0 radical (unpaired) electrons. The first-order valence-corrected chi connectivity index (χ1v) is 32.1. The van der Waals surface area contributed by atoms with Crippen molar-refractivity contribution in [1.82, 2.24) is 0 Å².